The van der Waals surface area contributed by atoms with Gasteiger partial charge in [-0.05, 0) is 57.5 Å². The van der Waals surface area contributed by atoms with Crippen LogP contribution in [0.2, 0.25) is 0 Å². The molecule has 2 atom stereocenters. The molecule has 2 aliphatic carbocycles. The van der Waals surface area contributed by atoms with E-state index in [9.17, 15) is 5.11 Å². The minimum absolute atomic E-state index is 0.00923. The molecule has 0 aliphatic heterocycles. The first-order valence-corrected chi connectivity index (χ1v) is 8.33. The highest BCUT2D eigenvalue weighted by Gasteiger charge is 2.37. The van der Waals surface area contributed by atoms with Crippen molar-refractivity contribution in [2.24, 2.45) is 5.92 Å². The predicted molar refractivity (Wildman–Crippen MR) is 80.3 cm³/mol. The highest BCUT2D eigenvalue weighted by atomic mass is 16.3. The Morgan fingerprint density at radius 3 is 2.53 bits per heavy atom. The van der Waals surface area contributed by atoms with Crippen molar-refractivity contribution in [3.63, 3.8) is 0 Å². The molecule has 0 radical (unpaired) electrons. The molecule has 2 aliphatic rings. The van der Waals surface area contributed by atoms with Crippen LogP contribution in [0, 0.1) is 5.92 Å². The second-order valence-corrected chi connectivity index (χ2v) is 6.60. The molecule has 3 nitrogen and oxygen atoms in total. The number of likely N-dealkylation sites (N-methyl/N-ethyl adjacent to an activating group) is 1. The number of hydrogen-bond donors (Lipinski definition) is 2. The Morgan fingerprint density at radius 1 is 1.21 bits per heavy atom. The number of nitrogens with one attached hydrogen (secondary N) is 1. The summed E-state index contributed by atoms with van der Waals surface area (Å²) in [4.78, 5) is 2.69. The molecule has 2 unspecified atom stereocenters. The maximum absolute atomic E-state index is 9.80. The fraction of sp³-hybridized carbons (Fsp3) is 1.00. The second kappa shape index (κ2) is 7.05. The van der Waals surface area contributed by atoms with Crippen molar-refractivity contribution in [1.82, 2.24) is 10.2 Å². The minimum Gasteiger partial charge on any atom is -0.394 e. The number of aliphatic hydroxyl groups excluding tert-OH is 1. The molecule has 0 spiro atoms. The molecule has 3 heteroatoms. The predicted octanol–water partition coefficient (Wildman–Crippen LogP) is 2.39. The number of hydrogen-bond acceptors (Lipinski definition) is 3. The van der Waals surface area contributed by atoms with Gasteiger partial charge in [0.05, 0.1) is 6.61 Å². The van der Waals surface area contributed by atoms with Gasteiger partial charge in [-0.25, -0.2) is 0 Å². The average Bonchev–Trinajstić information content (AvgIpc) is 2.38. The molecule has 2 fully saturated rings. The van der Waals surface area contributed by atoms with Crippen LogP contribution in [0.25, 0.3) is 0 Å². The van der Waals surface area contributed by atoms with Gasteiger partial charge < -0.3 is 15.3 Å². The second-order valence-electron chi connectivity index (χ2n) is 6.60. The number of nitrogens with zero attached hydrogens (tertiary/aromatic N) is 1. The van der Waals surface area contributed by atoms with Crippen LogP contribution in [0.3, 0.4) is 0 Å². The highest BCUT2D eigenvalue weighted by molar-refractivity contribution is 4.96. The van der Waals surface area contributed by atoms with Crippen LogP contribution in [-0.2, 0) is 0 Å². The molecule has 0 aromatic heterocycles. The standard InChI is InChI=1S/C16H32N2O/c1-3-17-16(13-19)10-6-9-15(11-16)18(4-2)12-14-7-5-8-14/h14-15,17,19H,3-13H2,1-2H3. The number of rotatable bonds is 7. The summed E-state index contributed by atoms with van der Waals surface area (Å²) >= 11 is 0. The molecule has 0 bridgehead atoms. The van der Waals surface area contributed by atoms with Crippen LogP contribution < -0.4 is 5.32 Å². The molecule has 2 N–H and O–H groups in total. The lowest BCUT2D eigenvalue weighted by molar-refractivity contribution is 0.0479. The normalized spacial score (nSPS) is 32.5. The summed E-state index contributed by atoms with van der Waals surface area (Å²) in [7, 11) is 0. The van der Waals surface area contributed by atoms with Gasteiger partial charge in [0.25, 0.3) is 0 Å². The molecule has 0 aromatic carbocycles. The summed E-state index contributed by atoms with van der Waals surface area (Å²) in [6.45, 7) is 8.14. The van der Waals surface area contributed by atoms with E-state index < -0.39 is 0 Å². The average molecular weight is 268 g/mol. The van der Waals surface area contributed by atoms with Crippen molar-refractivity contribution in [1.29, 1.82) is 0 Å². The highest BCUT2D eigenvalue weighted by Crippen LogP contribution is 2.33. The first-order chi connectivity index (χ1) is 9.23. The van der Waals surface area contributed by atoms with Crippen molar-refractivity contribution >= 4 is 0 Å². The van der Waals surface area contributed by atoms with Crippen LogP contribution in [-0.4, -0.2) is 47.8 Å². The first kappa shape index (κ1) is 15.3. The van der Waals surface area contributed by atoms with E-state index in [1.165, 1.54) is 38.6 Å². The largest absolute Gasteiger partial charge is 0.394 e. The van der Waals surface area contributed by atoms with E-state index in [1.54, 1.807) is 0 Å². The summed E-state index contributed by atoms with van der Waals surface area (Å²) in [5.74, 6) is 0.949. The maximum Gasteiger partial charge on any atom is 0.0613 e. The van der Waals surface area contributed by atoms with Crippen molar-refractivity contribution in [3.05, 3.63) is 0 Å². The van der Waals surface area contributed by atoms with Crippen LogP contribution in [0.5, 0.6) is 0 Å². The third-order valence-electron chi connectivity index (χ3n) is 5.31. The summed E-state index contributed by atoms with van der Waals surface area (Å²) in [5, 5.41) is 13.4. The Morgan fingerprint density at radius 2 is 2.00 bits per heavy atom. The smallest absolute Gasteiger partial charge is 0.0613 e. The zero-order valence-corrected chi connectivity index (χ0v) is 12.8. The van der Waals surface area contributed by atoms with Gasteiger partial charge in [0.15, 0.2) is 0 Å². The van der Waals surface area contributed by atoms with E-state index in [4.69, 9.17) is 0 Å². The number of aliphatic hydroxyl groups is 1. The van der Waals surface area contributed by atoms with Gasteiger partial charge in [0.2, 0.25) is 0 Å². The zero-order chi connectivity index (χ0) is 13.7. The van der Waals surface area contributed by atoms with Gasteiger partial charge in [0, 0.05) is 18.1 Å². The molecule has 2 saturated carbocycles. The lowest BCUT2D eigenvalue weighted by atomic mass is 9.78. The Bertz CT molecular complexity index is 263. The molecule has 19 heavy (non-hydrogen) atoms. The molecule has 0 saturated heterocycles. The van der Waals surface area contributed by atoms with E-state index in [0.717, 1.165) is 31.8 Å². The van der Waals surface area contributed by atoms with E-state index in [2.05, 4.69) is 24.1 Å². The molecular weight excluding hydrogens is 236 g/mol. The summed E-state index contributed by atoms with van der Waals surface area (Å²) in [5.41, 5.74) is -0.00923. The van der Waals surface area contributed by atoms with Gasteiger partial charge in [-0.3, -0.25) is 0 Å². The maximum atomic E-state index is 9.80. The van der Waals surface area contributed by atoms with Crippen LogP contribution in [0.15, 0.2) is 0 Å². The van der Waals surface area contributed by atoms with Crippen LogP contribution >= 0.6 is 0 Å². The molecule has 2 rings (SSSR count). The zero-order valence-electron chi connectivity index (χ0n) is 12.8. The SMILES string of the molecule is CCNC1(CO)CCCC(N(CC)CC2CCC2)C1. The molecule has 0 aromatic rings. The van der Waals surface area contributed by atoms with E-state index in [1.807, 2.05) is 0 Å². The third-order valence-corrected chi connectivity index (χ3v) is 5.31. The fourth-order valence-corrected chi connectivity index (χ4v) is 3.92. The Hall–Kier alpha value is -0.120. The van der Waals surface area contributed by atoms with Crippen molar-refractivity contribution < 1.29 is 5.11 Å². The monoisotopic (exact) mass is 268 g/mol. The van der Waals surface area contributed by atoms with Gasteiger partial charge in [0.1, 0.15) is 0 Å². The topological polar surface area (TPSA) is 35.5 Å². The van der Waals surface area contributed by atoms with Crippen molar-refractivity contribution in [2.45, 2.75) is 70.4 Å². The quantitative estimate of drug-likeness (QED) is 0.744. The summed E-state index contributed by atoms with van der Waals surface area (Å²) < 4.78 is 0. The fourth-order valence-electron chi connectivity index (χ4n) is 3.92. The summed E-state index contributed by atoms with van der Waals surface area (Å²) in [6.07, 6.45) is 9.12. The van der Waals surface area contributed by atoms with E-state index >= 15 is 0 Å². The van der Waals surface area contributed by atoms with Crippen molar-refractivity contribution in [3.8, 4) is 0 Å². The van der Waals surface area contributed by atoms with Gasteiger partial charge >= 0.3 is 0 Å². The van der Waals surface area contributed by atoms with Crippen LogP contribution in [0.4, 0.5) is 0 Å². The van der Waals surface area contributed by atoms with Gasteiger partial charge in [-0.1, -0.05) is 20.3 Å². The third kappa shape index (κ3) is 3.71. The molecule has 112 valence electrons. The van der Waals surface area contributed by atoms with E-state index in [-0.39, 0.29) is 5.54 Å². The van der Waals surface area contributed by atoms with Crippen molar-refractivity contribution in [2.75, 3.05) is 26.2 Å². The Balaban J connectivity index is 1.93. The molecule has 0 amide bonds. The summed E-state index contributed by atoms with van der Waals surface area (Å²) in [6, 6.07) is 0.672. The lowest BCUT2D eigenvalue weighted by Crippen LogP contribution is -2.56. The van der Waals surface area contributed by atoms with Gasteiger partial charge in [-0.2, -0.15) is 0 Å². The van der Waals surface area contributed by atoms with Gasteiger partial charge in [-0.15, -0.1) is 0 Å². The Kier molecular flexibility index (Phi) is 5.67. The lowest BCUT2D eigenvalue weighted by Gasteiger charge is -2.45. The minimum atomic E-state index is -0.00923. The molecular formula is C16H32N2O. The van der Waals surface area contributed by atoms with Crippen LogP contribution in [0.1, 0.15) is 58.8 Å². The van der Waals surface area contributed by atoms with E-state index in [0.29, 0.717) is 12.6 Å². The molecule has 0 heterocycles. The first-order valence-electron chi connectivity index (χ1n) is 8.33. The Labute approximate surface area is 118 Å².